The molecule has 8 heteroatoms. The molecule has 4 aromatic heterocycles. The standard InChI is InChI=1S/C15H14N8/c1-2-11(3-1)22-8-10(6-18-22)15-14-4-5-17-23(14)9-13(19-15)12-7-16-21-20-12/h4-9,11H,1-3H2,(H,16,20,21). The zero-order valence-corrected chi connectivity index (χ0v) is 12.3. The van der Waals surface area contributed by atoms with E-state index in [1.165, 1.54) is 19.3 Å². The lowest BCUT2D eigenvalue weighted by Gasteiger charge is -2.25. The van der Waals surface area contributed by atoms with Crippen LogP contribution in [0.15, 0.2) is 37.1 Å². The van der Waals surface area contributed by atoms with Gasteiger partial charge in [0.2, 0.25) is 0 Å². The molecule has 0 amide bonds. The highest BCUT2D eigenvalue weighted by Gasteiger charge is 2.21. The molecule has 1 aliphatic rings. The minimum absolute atomic E-state index is 0.531. The monoisotopic (exact) mass is 306 g/mol. The summed E-state index contributed by atoms with van der Waals surface area (Å²) in [7, 11) is 0. The minimum Gasteiger partial charge on any atom is -0.269 e. The molecule has 1 saturated carbocycles. The molecule has 1 aliphatic carbocycles. The van der Waals surface area contributed by atoms with E-state index in [0.717, 1.165) is 22.5 Å². The Morgan fingerprint density at radius 1 is 1.09 bits per heavy atom. The summed E-state index contributed by atoms with van der Waals surface area (Å²) in [6.45, 7) is 0. The van der Waals surface area contributed by atoms with E-state index in [1.807, 2.05) is 23.0 Å². The minimum atomic E-state index is 0.531. The van der Waals surface area contributed by atoms with E-state index < -0.39 is 0 Å². The van der Waals surface area contributed by atoms with Gasteiger partial charge in [0, 0.05) is 11.8 Å². The van der Waals surface area contributed by atoms with Crippen LogP contribution in [-0.4, -0.2) is 39.8 Å². The number of hydrogen-bond donors (Lipinski definition) is 1. The Hall–Kier alpha value is -3.03. The van der Waals surface area contributed by atoms with E-state index in [0.29, 0.717) is 11.7 Å². The molecule has 0 atom stereocenters. The molecule has 8 nitrogen and oxygen atoms in total. The second-order valence-electron chi connectivity index (χ2n) is 5.78. The van der Waals surface area contributed by atoms with Crippen LogP contribution in [0.2, 0.25) is 0 Å². The fourth-order valence-electron chi connectivity index (χ4n) is 2.90. The van der Waals surface area contributed by atoms with Gasteiger partial charge in [0.05, 0.1) is 42.0 Å². The van der Waals surface area contributed by atoms with Crippen LogP contribution in [0, 0.1) is 0 Å². The molecule has 0 spiro atoms. The van der Waals surface area contributed by atoms with Gasteiger partial charge in [0.1, 0.15) is 11.4 Å². The first-order valence-electron chi connectivity index (χ1n) is 7.63. The van der Waals surface area contributed by atoms with Gasteiger partial charge in [0.25, 0.3) is 0 Å². The van der Waals surface area contributed by atoms with Crippen molar-refractivity contribution in [2.75, 3.05) is 0 Å². The largest absolute Gasteiger partial charge is 0.269 e. The number of aromatic amines is 1. The van der Waals surface area contributed by atoms with Gasteiger partial charge in [-0.15, -0.1) is 0 Å². The zero-order valence-electron chi connectivity index (χ0n) is 12.3. The lowest BCUT2D eigenvalue weighted by atomic mass is 9.93. The summed E-state index contributed by atoms with van der Waals surface area (Å²) in [5.74, 6) is 0. The topological polar surface area (TPSA) is 89.6 Å². The summed E-state index contributed by atoms with van der Waals surface area (Å²) in [6, 6.07) is 2.48. The first-order chi connectivity index (χ1) is 11.4. The predicted molar refractivity (Wildman–Crippen MR) is 82.5 cm³/mol. The van der Waals surface area contributed by atoms with E-state index in [4.69, 9.17) is 4.98 Å². The van der Waals surface area contributed by atoms with E-state index >= 15 is 0 Å². The summed E-state index contributed by atoms with van der Waals surface area (Å²) in [5, 5.41) is 19.4. The van der Waals surface area contributed by atoms with Crippen LogP contribution in [0.25, 0.3) is 28.2 Å². The number of nitrogens with zero attached hydrogens (tertiary/aromatic N) is 7. The SMILES string of the molecule is c1cc2c(-c3cnn(C4CCC4)c3)nc(-c3cn[nH]n3)cn2n1. The normalized spacial score (nSPS) is 15.1. The number of aromatic nitrogens is 8. The van der Waals surface area contributed by atoms with Gasteiger partial charge in [-0.25, -0.2) is 9.50 Å². The maximum absolute atomic E-state index is 4.77. The second kappa shape index (κ2) is 4.73. The molecule has 114 valence electrons. The first-order valence-corrected chi connectivity index (χ1v) is 7.63. The molecule has 1 fully saturated rings. The van der Waals surface area contributed by atoms with Crippen LogP contribution in [-0.2, 0) is 0 Å². The molecule has 0 aromatic carbocycles. The Labute approximate surface area is 131 Å². The third-order valence-electron chi connectivity index (χ3n) is 4.39. The van der Waals surface area contributed by atoms with Crippen molar-refractivity contribution in [3.8, 4) is 22.6 Å². The summed E-state index contributed by atoms with van der Waals surface area (Å²) in [6.07, 6.45) is 12.9. The quantitative estimate of drug-likeness (QED) is 0.626. The summed E-state index contributed by atoms with van der Waals surface area (Å²) in [4.78, 5) is 4.77. The van der Waals surface area contributed by atoms with E-state index in [1.54, 1.807) is 12.4 Å². The fraction of sp³-hybridized carbons (Fsp3) is 0.267. The maximum atomic E-state index is 4.77. The predicted octanol–water partition coefficient (Wildman–Crippen LogP) is 2.10. The van der Waals surface area contributed by atoms with Crippen LogP contribution < -0.4 is 0 Å². The third-order valence-corrected chi connectivity index (χ3v) is 4.39. The van der Waals surface area contributed by atoms with Crippen molar-refractivity contribution < 1.29 is 0 Å². The number of fused-ring (bicyclic) bond motifs is 1. The van der Waals surface area contributed by atoms with Crippen LogP contribution >= 0.6 is 0 Å². The summed E-state index contributed by atoms with van der Waals surface area (Å²) >= 11 is 0. The van der Waals surface area contributed by atoms with Gasteiger partial charge in [-0.1, -0.05) is 0 Å². The molecule has 5 rings (SSSR count). The molecule has 1 N–H and O–H groups in total. The Morgan fingerprint density at radius 3 is 2.83 bits per heavy atom. The molecular weight excluding hydrogens is 292 g/mol. The molecule has 23 heavy (non-hydrogen) atoms. The Bertz CT molecular complexity index is 961. The number of nitrogens with one attached hydrogen (secondary N) is 1. The van der Waals surface area contributed by atoms with Gasteiger partial charge >= 0.3 is 0 Å². The van der Waals surface area contributed by atoms with Crippen LogP contribution in [0.3, 0.4) is 0 Å². The molecule has 4 aromatic rings. The van der Waals surface area contributed by atoms with Crippen molar-refractivity contribution in [3.05, 3.63) is 37.1 Å². The molecule has 4 heterocycles. The van der Waals surface area contributed by atoms with Crippen molar-refractivity contribution in [2.45, 2.75) is 25.3 Å². The highest BCUT2D eigenvalue weighted by Crippen LogP contribution is 2.33. The fourth-order valence-corrected chi connectivity index (χ4v) is 2.90. The Morgan fingerprint density at radius 2 is 2.04 bits per heavy atom. The van der Waals surface area contributed by atoms with Gasteiger partial charge in [-0.05, 0) is 25.3 Å². The first kappa shape index (κ1) is 12.5. The third kappa shape index (κ3) is 1.95. The second-order valence-corrected chi connectivity index (χ2v) is 5.78. The Kier molecular flexibility index (Phi) is 2.57. The summed E-state index contributed by atoms with van der Waals surface area (Å²) in [5.41, 5.74) is 4.21. The maximum Gasteiger partial charge on any atom is 0.132 e. The van der Waals surface area contributed by atoms with Crippen molar-refractivity contribution in [1.82, 2.24) is 39.8 Å². The van der Waals surface area contributed by atoms with E-state index in [9.17, 15) is 0 Å². The van der Waals surface area contributed by atoms with E-state index in [2.05, 4.69) is 36.5 Å². The lowest BCUT2D eigenvalue weighted by molar-refractivity contribution is 0.289. The van der Waals surface area contributed by atoms with Crippen LogP contribution in [0.1, 0.15) is 25.3 Å². The van der Waals surface area contributed by atoms with Crippen molar-refractivity contribution in [1.29, 1.82) is 0 Å². The van der Waals surface area contributed by atoms with Crippen LogP contribution in [0.4, 0.5) is 0 Å². The number of hydrogen-bond acceptors (Lipinski definition) is 5. The van der Waals surface area contributed by atoms with Gasteiger partial charge < -0.3 is 0 Å². The average molecular weight is 306 g/mol. The average Bonchev–Trinajstić information content (AvgIpc) is 3.25. The highest BCUT2D eigenvalue weighted by molar-refractivity contribution is 5.77. The highest BCUT2D eigenvalue weighted by atomic mass is 15.3. The van der Waals surface area contributed by atoms with Gasteiger partial charge in [-0.2, -0.15) is 25.6 Å². The van der Waals surface area contributed by atoms with Crippen molar-refractivity contribution in [3.63, 3.8) is 0 Å². The summed E-state index contributed by atoms with van der Waals surface area (Å²) < 4.78 is 3.86. The molecule has 0 aliphatic heterocycles. The molecule has 0 saturated heterocycles. The van der Waals surface area contributed by atoms with Crippen molar-refractivity contribution in [2.24, 2.45) is 0 Å². The van der Waals surface area contributed by atoms with E-state index in [-0.39, 0.29) is 0 Å². The zero-order chi connectivity index (χ0) is 15.2. The van der Waals surface area contributed by atoms with Gasteiger partial charge in [-0.3, -0.25) is 4.68 Å². The lowest BCUT2D eigenvalue weighted by Crippen LogP contribution is -2.16. The van der Waals surface area contributed by atoms with Gasteiger partial charge in [0.15, 0.2) is 0 Å². The molecule has 0 radical (unpaired) electrons. The smallest absolute Gasteiger partial charge is 0.132 e. The van der Waals surface area contributed by atoms with Crippen molar-refractivity contribution >= 4 is 5.52 Å². The molecule has 0 unspecified atom stereocenters. The molecule has 0 bridgehead atoms. The Balaban J connectivity index is 1.67. The number of rotatable bonds is 3. The number of H-pyrrole nitrogens is 1. The van der Waals surface area contributed by atoms with Crippen LogP contribution in [0.5, 0.6) is 0 Å². The molecular formula is C15H14N8.